The minimum Gasteiger partial charge on any atom is -0.334 e. The standard InChI is InChI=1S/C52H54BN3Si/c1-33-26-41-48-45(28-33)57(8,9)46-29-34(2)27-42-49(46)53(48)47-43(54(41)36-18-12-10-13-19-36)31-38(32-44(47)55(42)37-20-14-11-15-21-37)56-40-23-22-35(50(3,4)5)30-39(40)51(6)24-16-17-25-52(51,56)7/h10-15,18-23,26-32H,16-17,24-25H2,1-9H3. The highest BCUT2D eigenvalue weighted by molar-refractivity contribution is 7.16. The van der Waals surface area contributed by atoms with E-state index in [-0.39, 0.29) is 23.1 Å². The Hall–Kier alpha value is -5.00. The predicted molar refractivity (Wildman–Crippen MR) is 248 cm³/mol. The van der Waals surface area contributed by atoms with Gasteiger partial charge in [-0.3, -0.25) is 0 Å². The van der Waals surface area contributed by atoms with Gasteiger partial charge in [0.2, 0.25) is 0 Å². The summed E-state index contributed by atoms with van der Waals surface area (Å²) < 4.78 is 0. The molecule has 0 saturated heterocycles. The minimum atomic E-state index is -2.12. The van der Waals surface area contributed by atoms with E-state index >= 15 is 0 Å². The van der Waals surface area contributed by atoms with Gasteiger partial charge in [0, 0.05) is 50.9 Å². The molecule has 2 unspecified atom stereocenters. The van der Waals surface area contributed by atoms with E-state index in [4.69, 9.17) is 0 Å². The van der Waals surface area contributed by atoms with Gasteiger partial charge in [0.15, 0.2) is 0 Å². The van der Waals surface area contributed by atoms with E-state index in [1.54, 1.807) is 10.4 Å². The summed E-state index contributed by atoms with van der Waals surface area (Å²) >= 11 is 0. The van der Waals surface area contributed by atoms with Crippen LogP contribution in [-0.4, -0.2) is 20.3 Å². The van der Waals surface area contributed by atoms with Crippen LogP contribution in [0.15, 0.2) is 115 Å². The van der Waals surface area contributed by atoms with Crippen molar-refractivity contribution in [1.29, 1.82) is 0 Å². The number of hydrogen-bond donors (Lipinski definition) is 0. The lowest BCUT2D eigenvalue weighted by molar-refractivity contribution is 0.195. The van der Waals surface area contributed by atoms with Crippen LogP contribution < -0.4 is 41.5 Å². The molecular formula is C52H54BN3Si. The molecule has 6 aromatic carbocycles. The van der Waals surface area contributed by atoms with E-state index in [0.29, 0.717) is 0 Å². The van der Waals surface area contributed by atoms with Crippen LogP contribution in [0, 0.1) is 13.8 Å². The summed E-state index contributed by atoms with van der Waals surface area (Å²) in [6, 6.07) is 45.2. The number of hydrogen-bond acceptors (Lipinski definition) is 3. The predicted octanol–water partition coefficient (Wildman–Crippen LogP) is 10.6. The highest BCUT2D eigenvalue weighted by Gasteiger charge is 2.59. The Morgan fingerprint density at radius 2 is 1.07 bits per heavy atom. The maximum atomic E-state index is 2.81. The second-order valence-electron chi connectivity index (χ2n) is 19.9. The third-order valence-corrected chi connectivity index (χ3v) is 18.7. The van der Waals surface area contributed by atoms with Crippen LogP contribution in [0.5, 0.6) is 0 Å². The number of anilines is 8. The van der Waals surface area contributed by atoms with Crippen LogP contribution in [0.2, 0.25) is 13.1 Å². The van der Waals surface area contributed by atoms with Crippen LogP contribution in [-0.2, 0) is 10.8 Å². The lowest BCUT2D eigenvalue weighted by Gasteiger charge is -2.52. The van der Waals surface area contributed by atoms with Gasteiger partial charge in [-0.15, -0.1) is 0 Å². The monoisotopic (exact) mass is 759 g/mol. The first kappa shape index (κ1) is 35.2. The molecular weight excluding hydrogens is 705 g/mol. The van der Waals surface area contributed by atoms with Crippen molar-refractivity contribution >= 4 is 87.0 Å². The molecule has 11 rings (SSSR count). The van der Waals surface area contributed by atoms with Gasteiger partial charge in [0.05, 0.1) is 5.54 Å². The van der Waals surface area contributed by atoms with Gasteiger partial charge in [-0.05, 0) is 132 Å². The SMILES string of the molecule is Cc1cc2c3c(c1)[Si](C)(C)c1cc(C)cc4c1B3c1c(cc(N3c5ccc(C(C)(C)C)cc5C5(C)CCCCC35C)cc1N4c1ccccc1)N2c1ccccc1. The maximum absolute atomic E-state index is 2.81. The average molecular weight is 760 g/mol. The summed E-state index contributed by atoms with van der Waals surface area (Å²) in [6.45, 7) is 22.2. The van der Waals surface area contributed by atoms with E-state index in [9.17, 15) is 0 Å². The van der Waals surface area contributed by atoms with Gasteiger partial charge in [-0.2, -0.15) is 0 Å². The fourth-order valence-electron chi connectivity index (χ4n) is 12.1. The van der Waals surface area contributed by atoms with Crippen molar-refractivity contribution in [2.75, 3.05) is 14.7 Å². The van der Waals surface area contributed by atoms with Crippen molar-refractivity contribution in [3.8, 4) is 0 Å². The summed E-state index contributed by atoms with van der Waals surface area (Å²) in [4.78, 5) is 8.09. The Bertz CT molecular complexity index is 2550. The molecule has 2 atom stereocenters. The zero-order valence-corrected chi connectivity index (χ0v) is 36.2. The maximum Gasteiger partial charge on any atom is 0.251 e. The molecule has 0 radical (unpaired) electrons. The molecule has 0 amide bonds. The number of benzene rings is 6. The molecule has 5 heteroatoms. The van der Waals surface area contributed by atoms with Crippen LogP contribution in [0.1, 0.15) is 82.6 Å². The molecule has 284 valence electrons. The molecule has 4 heterocycles. The highest BCUT2D eigenvalue weighted by atomic mass is 28.3. The van der Waals surface area contributed by atoms with Gasteiger partial charge >= 0.3 is 0 Å². The summed E-state index contributed by atoms with van der Waals surface area (Å²) in [5, 5.41) is 3.19. The van der Waals surface area contributed by atoms with Crippen molar-refractivity contribution in [2.45, 2.75) is 104 Å². The quantitative estimate of drug-likeness (QED) is 0.166. The van der Waals surface area contributed by atoms with E-state index in [1.165, 1.54) is 110 Å². The summed E-state index contributed by atoms with van der Waals surface area (Å²) in [5.41, 5.74) is 20.6. The largest absolute Gasteiger partial charge is 0.334 e. The summed E-state index contributed by atoms with van der Waals surface area (Å²) in [7, 11) is -2.12. The summed E-state index contributed by atoms with van der Waals surface area (Å²) in [5.74, 6) is 0. The molecule has 3 nitrogen and oxygen atoms in total. The zero-order valence-electron chi connectivity index (χ0n) is 35.2. The molecule has 0 spiro atoms. The zero-order chi connectivity index (χ0) is 39.4. The fraction of sp³-hybridized carbons (Fsp3) is 0.308. The number of para-hydroxylation sites is 2. The normalized spacial score (nSPS) is 22.0. The van der Waals surface area contributed by atoms with Gasteiger partial charge in [0.25, 0.3) is 6.71 Å². The molecule has 0 N–H and O–H groups in total. The van der Waals surface area contributed by atoms with Gasteiger partial charge < -0.3 is 14.7 Å². The van der Waals surface area contributed by atoms with E-state index in [2.05, 4.69) is 192 Å². The van der Waals surface area contributed by atoms with Crippen molar-refractivity contribution < 1.29 is 0 Å². The lowest BCUT2D eigenvalue weighted by Crippen LogP contribution is -2.79. The van der Waals surface area contributed by atoms with Crippen molar-refractivity contribution in [3.63, 3.8) is 0 Å². The van der Waals surface area contributed by atoms with Crippen LogP contribution in [0.3, 0.4) is 0 Å². The third kappa shape index (κ3) is 4.55. The van der Waals surface area contributed by atoms with Crippen LogP contribution >= 0.6 is 0 Å². The Balaban J connectivity index is 1.28. The Kier molecular flexibility index (Phi) is 7.14. The average Bonchev–Trinajstić information content (AvgIpc) is 3.39. The highest BCUT2D eigenvalue weighted by Crippen LogP contribution is 2.62. The Morgan fingerprint density at radius 3 is 1.60 bits per heavy atom. The molecule has 1 aliphatic carbocycles. The molecule has 0 aromatic heterocycles. The first-order valence-electron chi connectivity index (χ1n) is 21.4. The van der Waals surface area contributed by atoms with Crippen molar-refractivity contribution in [1.82, 2.24) is 0 Å². The lowest BCUT2D eigenvalue weighted by atomic mass is 9.33. The van der Waals surface area contributed by atoms with Crippen molar-refractivity contribution in [2.24, 2.45) is 0 Å². The fourth-order valence-corrected chi connectivity index (χ4v) is 15.5. The molecule has 0 bridgehead atoms. The number of rotatable bonds is 3. The first-order valence-corrected chi connectivity index (χ1v) is 24.4. The van der Waals surface area contributed by atoms with Crippen LogP contribution in [0.4, 0.5) is 45.5 Å². The number of aryl methyl sites for hydroxylation is 2. The minimum absolute atomic E-state index is 0.0318. The first-order chi connectivity index (χ1) is 27.2. The second-order valence-corrected chi connectivity index (χ2v) is 24.2. The van der Waals surface area contributed by atoms with E-state index in [0.717, 1.165) is 0 Å². The Morgan fingerprint density at radius 1 is 0.561 bits per heavy atom. The van der Waals surface area contributed by atoms with E-state index < -0.39 is 8.07 Å². The topological polar surface area (TPSA) is 9.72 Å². The van der Waals surface area contributed by atoms with Gasteiger partial charge in [-0.25, -0.2) is 0 Å². The Labute approximate surface area is 341 Å². The third-order valence-electron chi connectivity index (χ3n) is 15.2. The molecule has 1 fully saturated rings. The molecule has 1 saturated carbocycles. The van der Waals surface area contributed by atoms with Crippen molar-refractivity contribution in [3.05, 3.63) is 138 Å². The second kappa shape index (κ2) is 11.6. The number of nitrogens with zero attached hydrogens (tertiary/aromatic N) is 3. The molecule has 6 aromatic rings. The molecule has 5 aliphatic rings. The smallest absolute Gasteiger partial charge is 0.251 e. The summed E-state index contributed by atoms with van der Waals surface area (Å²) in [6.07, 6.45) is 4.90. The van der Waals surface area contributed by atoms with Crippen LogP contribution in [0.25, 0.3) is 0 Å². The van der Waals surface area contributed by atoms with E-state index in [1.807, 2.05) is 0 Å². The number of fused-ring (bicyclic) bond motifs is 3. The van der Waals surface area contributed by atoms with Gasteiger partial charge in [0.1, 0.15) is 8.07 Å². The van der Waals surface area contributed by atoms with Gasteiger partial charge in [-0.1, -0.05) is 125 Å². The molecule has 57 heavy (non-hydrogen) atoms. The molecule has 4 aliphatic heterocycles.